The molecule has 0 aliphatic carbocycles. The van der Waals surface area contributed by atoms with Gasteiger partial charge in [-0.3, -0.25) is 4.79 Å². The summed E-state index contributed by atoms with van der Waals surface area (Å²) in [6.45, 7) is -0.400. The van der Waals surface area contributed by atoms with Crippen molar-refractivity contribution in [2.24, 2.45) is 0 Å². The molecule has 2 aliphatic rings. The number of amides is 1. The Morgan fingerprint density at radius 2 is 2.15 bits per heavy atom. The zero-order valence-electron chi connectivity index (χ0n) is 13.6. The number of fused-ring (bicyclic) bond motifs is 1. The summed E-state index contributed by atoms with van der Waals surface area (Å²) in [6, 6.07) is 2.83. The van der Waals surface area contributed by atoms with Gasteiger partial charge in [0.25, 0.3) is 5.91 Å². The molecule has 0 saturated carbocycles. The standard InChI is InChI=1S/C16H16ClNO7S/c17-12-5-10(6-13-16(12)25-9-24-13)1-2-15(20)23-7-14(19)18-11-3-4-26(21,22)8-11/h1-2,5-6,11H,3-4,7-9H2,(H,18,19)/b2-1+/t11-/m1/s1. The second-order valence-electron chi connectivity index (χ2n) is 5.85. The third-order valence-corrected chi connectivity index (χ3v) is 5.85. The lowest BCUT2D eigenvalue weighted by Crippen LogP contribution is -2.38. The number of halogens is 1. The molecule has 0 unspecified atom stereocenters. The van der Waals surface area contributed by atoms with Crippen molar-refractivity contribution >= 4 is 39.4 Å². The molecule has 1 amide bonds. The van der Waals surface area contributed by atoms with Crippen LogP contribution in [-0.4, -0.2) is 51.2 Å². The van der Waals surface area contributed by atoms with Crippen LogP contribution in [0.15, 0.2) is 18.2 Å². The van der Waals surface area contributed by atoms with Crippen LogP contribution < -0.4 is 14.8 Å². The molecule has 26 heavy (non-hydrogen) atoms. The van der Waals surface area contributed by atoms with Gasteiger partial charge in [0.2, 0.25) is 6.79 Å². The summed E-state index contributed by atoms with van der Waals surface area (Å²) in [5.41, 5.74) is 0.608. The van der Waals surface area contributed by atoms with E-state index < -0.39 is 34.4 Å². The number of hydrogen-bond acceptors (Lipinski definition) is 7. The zero-order valence-corrected chi connectivity index (χ0v) is 15.1. The molecular formula is C16H16ClNO7S. The van der Waals surface area contributed by atoms with Gasteiger partial charge < -0.3 is 19.5 Å². The molecule has 0 spiro atoms. The van der Waals surface area contributed by atoms with Crippen LogP contribution in [0.5, 0.6) is 11.5 Å². The summed E-state index contributed by atoms with van der Waals surface area (Å²) < 4.78 is 37.9. The van der Waals surface area contributed by atoms with Crippen LogP contribution in [0.25, 0.3) is 6.08 Å². The van der Waals surface area contributed by atoms with E-state index in [1.165, 1.54) is 6.08 Å². The molecular weight excluding hydrogens is 386 g/mol. The van der Waals surface area contributed by atoms with Crippen molar-refractivity contribution in [1.29, 1.82) is 0 Å². The Morgan fingerprint density at radius 1 is 1.35 bits per heavy atom. The molecule has 10 heteroatoms. The van der Waals surface area contributed by atoms with Crippen LogP contribution in [0.1, 0.15) is 12.0 Å². The summed E-state index contributed by atoms with van der Waals surface area (Å²) >= 11 is 6.04. The normalized spacial score (nSPS) is 20.3. The minimum absolute atomic E-state index is 0.0541. The third kappa shape index (κ3) is 4.67. The fourth-order valence-electron chi connectivity index (χ4n) is 2.61. The first kappa shape index (κ1) is 18.5. The molecule has 1 N–H and O–H groups in total. The summed E-state index contributed by atoms with van der Waals surface area (Å²) in [7, 11) is -3.08. The predicted octanol–water partition coefficient (Wildman–Crippen LogP) is 0.928. The van der Waals surface area contributed by atoms with E-state index in [9.17, 15) is 18.0 Å². The van der Waals surface area contributed by atoms with Crippen LogP contribution in [-0.2, 0) is 24.2 Å². The first-order chi connectivity index (χ1) is 12.3. The van der Waals surface area contributed by atoms with Crippen LogP contribution in [0, 0.1) is 0 Å². The van der Waals surface area contributed by atoms with E-state index in [0.29, 0.717) is 28.5 Å². The highest BCUT2D eigenvalue weighted by atomic mass is 35.5. The smallest absolute Gasteiger partial charge is 0.331 e. The Morgan fingerprint density at radius 3 is 2.88 bits per heavy atom. The van der Waals surface area contributed by atoms with E-state index in [1.807, 2.05) is 0 Å². The van der Waals surface area contributed by atoms with Gasteiger partial charge in [0, 0.05) is 12.1 Å². The number of sulfone groups is 1. The van der Waals surface area contributed by atoms with E-state index in [1.54, 1.807) is 12.1 Å². The second kappa shape index (κ2) is 7.55. The maximum Gasteiger partial charge on any atom is 0.331 e. The van der Waals surface area contributed by atoms with Crippen LogP contribution >= 0.6 is 11.6 Å². The number of rotatable bonds is 5. The molecule has 2 aliphatic heterocycles. The van der Waals surface area contributed by atoms with Gasteiger partial charge in [-0.2, -0.15) is 0 Å². The molecule has 1 aromatic carbocycles. The molecule has 0 bridgehead atoms. The lowest BCUT2D eigenvalue weighted by Gasteiger charge is -2.10. The summed E-state index contributed by atoms with van der Waals surface area (Å²) in [6.07, 6.45) is 2.99. The molecule has 8 nitrogen and oxygen atoms in total. The molecule has 1 fully saturated rings. The lowest BCUT2D eigenvalue weighted by molar-refractivity contribution is -0.143. The van der Waals surface area contributed by atoms with Gasteiger partial charge in [0.1, 0.15) is 0 Å². The first-order valence-electron chi connectivity index (χ1n) is 7.76. The van der Waals surface area contributed by atoms with Gasteiger partial charge in [-0.05, 0) is 30.2 Å². The van der Waals surface area contributed by atoms with Crippen molar-refractivity contribution < 1.29 is 32.2 Å². The van der Waals surface area contributed by atoms with Gasteiger partial charge in [0.05, 0.1) is 16.5 Å². The molecule has 1 atom stereocenters. The van der Waals surface area contributed by atoms with Crippen molar-refractivity contribution in [1.82, 2.24) is 5.32 Å². The van der Waals surface area contributed by atoms with E-state index in [-0.39, 0.29) is 18.3 Å². The molecule has 1 saturated heterocycles. The largest absolute Gasteiger partial charge is 0.454 e. The second-order valence-corrected chi connectivity index (χ2v) is 8.48. The monoisotopic (exact) mass is 401 g/mol. The number of benzene rings is 1. The topological polar surface area (TPSA) is 108 Å². The first-order valence-corrected chi connectivity index (χ1v) is 9.96. The molecule has 140 valence electrons. The Bertz CT molecular complexity index is 866. The van der Waals surface area contributed by atoms with Gasteiger partial charge in [-0.1, -0.05) is 11.6 Å². The SMILES string of the molecule is O=C(COC(=O)/C=C/c1cc(Cl)c2c(c1)OCO2)N[C@@H]1CCS(=O)(=O)C1. The van der Waals surface area contributed by atoms with Crippen molar-refractivity contribution in [2.75, 3.05) is 24.9 Å². The lowest BCUT2D eigenvalue weighted by atomic mass is 10.2. The van der Waals surface area contributed by atoms with E-state index >= 15 is 0 Å². The quantitative estimate of drug-likeness (QED) is 0.577. The predicted molar refractivity (Wildman–Crippen MR) is 92.8 cm³/mol. The summed E-state index contributed by atoms with van der Waals surface area (Å²) in [5.74, 6) is -0.350. The number of nitrogens with one attached hydrogen (secondary N) is 1. The van der Waals surface area contributed by atoms with Crippen molar-refractivity contribution in [3.8, 4) is 11.5 Å². The van der Waals surface area contributed by atoms with E-state index in [2.05, 4.69) is 5.32 Å². The highest BCUT2D eigenvalue weighted by Gasteiger charge is 2.29. The minimum atomic E-state index is -3.08. The summed E-state index contributed by atoms with van der Waals surface area (Å²) in [5, 5.41) is 2.89. The Hall–Kier alpha value is -2.26. The van der Waals surface area contributed by atoms with Gasteiger partial charge in [0.15, 0.2) is 27.9 Å². The van der Waals surface area contributed by atoms with Crippen molar-refractivity contribution in [2.45, 2.75) is 12.5 Å². The number of hydrogen-bond donors (Lipinski definition) is 1. The van der Waals surface area contributed by atoms with Gasteiger partial charge in [-0.25, -0.2) is 13.2 Å². The van der Waals surface area contributed by atoms with Crippen molar-refractivity contribution in [3.63, 3.8) is 0 Å². The van der Waals surface area contributed by atoms with Crippen LogP contribution in [0.2, 0.25) is 5.02 Å². The minimum Gasteiger partial charge on any atom is -0.454 e. The fraction of sp³-hybridized carbons (Fsp3) is 0.375. The van der Waals surface area contributed by atoms with Crippen molar-refractivity contribution in [3.05, 3.63) is 28.8 Å². The average molecular weight is 402 g/mol. The van der Waals surface area contributed by atoms with E-state index in [0.717, 1.165) is 6.08 Å². The highest BCUT2D eigenvalue weighted by Crippen LogP contribution is 2.40. The van der Waals surface area contributed by atoms with Gasteiger partial charge in [-0.15, -0.1) is 0 Å². The number of ether oxygens (including phenoxy) is 3. The van der Waals surface area contributed by atoms with E-state index in [4.69, 9.17) is 25.8 Å². The molecule has 0 radical (unpaired) electrons. The molecule has 0 aromatic heterocycles. The van der Waals surface area contributed by atoms with Gasteiger partial charge >= 0.3 is 5.97 Å². The third-order valence-electron chi connectivity index (χ3n) is 3.80. The summed E-state index contributed by atoms with van der Waals surface area (Å²) in [4.78, 5) is 23.4. The maximum atomic E-state index is 11.7. The Labute approximate surface area is 155 Å². The number of carbonyl (C=O) groups is 2. The highest BCUT2D eigenvalue weighted by molar-refractivity contribution is 7.91. The fourth-order valence-corrected chi connectivity index (χ4v) is 4.56. The molecule has 1 aromatic rings. The van der Waals surface area contributed by atoms with Crippen LogP contribution in [0.4, 0.5) is 0 Å². The zero-order chi connectivity index (χ0) is 18.7. The molecule has 3 rings (SSSR count). The average Bonchev–Trinajstić information content (AvgIpc) is 3.17. The number of carbonyl (C=O) groups excluding carboxylic acids is 2. The molecule has 2 heterocycles. The Balaban J connectivity index is 1.47. The number of esters is 1. The van der Waals surface area contributed by atoms with Crippen LogP contribution in [0.3, 0.4) is 0 Å². The maximum absolute atomic E-state index is 11.7. The Kier molecular flexibility index (Phi) is 5.38.